The molecule has 0 saturated heterocycles. The third kappa shape index (κ3) is 4.72. The number of carbonyl (C=O) groups is 1. The van der Waals surface area contributed by atoms with Gasteiger partial charge in [-0.3, -0.25) is 14.8 Å². The molecule has 176 valence electrons. The number of aromatic carboxylic acids is 1. The van der Waals surface area contributed by atoms with Crippen LogP contribution in [0.1, 0.15) is 44.6 Å². The standard InChI is InChI=1S/C26H28N4O4/c1-15-4-7-20-12-16(2)17(3)13-21(20)30(23-22(15)24(31)29-26(34)28-23)11-10-27-14-18-5-8-19(9-6-18)25(32)33/h5-6,8-9,12-13,27H,1,4,7,10-11,14H2,2-3H3,(H,32,33)(H2,28,29,31,34). The van der Waals surface area contributed by atoms with E-state index in [4.69, 9.17) is 5.11 Å². The zero-order valence-corrected chi connectivity index (χ0v) is 19.3. The van der Waals surface area contributed by atoms with Crippen molar-refractivity contribution in [3.05, 3.63) is 97.2 Å². The minimum Gasteiger partial charge on any atom is -0.478 e. The number of H-pyrrole nitrogens is 2. The maximum Gasteiger partial charge on any atom is 0.335 e. The third-order valence-corrected chi connectivity index (χ3v) is 6.27. The van der Waals surface area contributed by atoms with Crippen molar-refractivity contribution in [3.63, 3.8) is 0 Å². The van der Waals surface area contributed by atoms with E-state index >= 15 is 0 Å². The third-order valence-electron chi connectivity index (χ3n) is 6.27. The maximum absolute atomic E-state index is 12.7. The second kappa shape index (κ2) is 9.52. The largest absolute Gasteiger partial charge is 0.478 e. The van der Waals surface area contributed by atoms with Crippen LogP contribution in [0.4, 0.5) is 11.5 Å². The number of carboxylic acid groups (broad SMARTS) is 1. The van der Waals surface area contributed by atoms with Crippen molar-refractivity contribution in [3.8, 4) is 0 Å². The van der Waals surface area contributed by atoms with Crippen LogP contribution >= 0.6 is 0 Å². The molecule has 3 aromatic rings. The van der Waals surface area contributed by atoms with Gasteiger partial charge in [-0.2, -0.15) is 0 Å². The number of rotatable bonds is 6. The average Bonchev–Trinajstić information content (AvgIpc) is 2.79. The van der Waals surface area contributed by atoms with Crippen molar-refractivity contribution >= 4 is 23.0 Å². The maximum atomic E-state index is 12.7. The fourth-order valence-corrected chi connectivity index (χ4v) is 4.27. The molecular weight excluding hydrogens is 432 g/mol. The normalized spacial score (nSPS) is 13.1. The minimum absolute atomic E-state index is 0.248. The summed E-state index contributed by atoms with van der Waals surface area (Å²) < 4.78 is 0. The summed E-state index contributed by atoms with van der Waals surface area (Å²) in [6, 6.07) is 11.0. The summed E-state index contributed by atoms with van der Waals surface area (Å²) >= 11 is 0. The highest BCUT2D eigenvalue weighted by atomic mass is 16.4. The molecule has 8 nitrogen and oxygen atoms in total. The fraction of sp³-hybridized carbons (Fsp3) is 0.269. The van der Waals surface area contributed by atoms with Gasteiger partial charge < -0.3 is 15.3 Å². The number of fused-ring (bicyclic) bond motifs is 2. The van der Waals surface area contributed by atoms with Crippen LogP contribution < -0.4 is 21.5 Å². The Kier molecular flexibility index (Phi) is 6.51. The fourth-order valence-electron chi connectivity index (χ4n) is 4.27. The van der Waals surface area contributed by atoms with Crippen molar-refractivity contribution in [2.24, 2.45) is 0 Å². The molecule has 34 heavy (non-hydrogen) atoms. The average molecular weight is 461 g/mol. The molecule has 0 aliphatic carbocycles. The van der Waals surface area contributed by atoms with Gasteiger partial charge in [-0.25, -0.2) is 9.59 Å². The number of carboxylic acids is 1. The Morgan fingerprint density at radius 1 is 1.09 bits per heavy atom. The molecule has 4 N–H and O–H groups in total. The number of anilines is 2. The first-order chi connectivity index (χ1) is 16.2. The Morgan fingerprint density at radius 3 is 2.50 bits per heavy atom. The Labute approximate surface area is 197 Å². The Hall–Kier alpha value is -3.91. The van der Waals surface area contributed by atoms with Gasteiger partial charge in [0.15, 0.2) is 0 Å². The molecule has 2 aromatic carbocycles. The molecule has 0 amide bonds. The summed E-state index contributed by atoms with van der Waals surface area (Å²) in [5.41, 5.74) is 5.73. The smallest absolute Gasteiger partial charge is 0.335 e. The van der Waals surface area contributed by atoms with Gasteiger partial charge in [0, 0.05) is 25.3 Å². The predicted molar refractivity (Wildman–Crippen MR) is 133 cm³/mol. The zero-order valence-electron chi connectivity index (χ0n) is 19.3. The van der Waals surface area contributed by atoms with Crippen molar-refractivity contribution in [1.82, 2.24) is 15.3 Å². The van der Waals surface area contributed by atoms with Gasteiger partial charge in [-0.05, 0) is 72.7 Å². The molecule has 0 unspecified atom stereocenters. The highest BCUT2D eigenvalue weighted by molar-refractivity contribution is 5.87. The van der Waals surface area contributed by atoms with E-state index < -0.39 is 17.2 Å². The van der Waals surface area contributed by atoms with Gasteiger partial charge in [-0.1, -0.05) is 24.8 Å². The van der Waals surface area contributed by atoms with Crippen LogP contribution in [0.5, 0.6) is 0 Å². The number of nitrogens with one attached hydrogen (secondary N) is 3. The number of aromatic nitrogens is 2. The summed E-state index contributed by atoms with van der Waals surface area (Å²) in [5.74, 6) is -0.499. The molecule has 0 radical (unpaired) electrons. The quantitative estimate of drug-likeness (QED) is 0.420. The van der Waals surface area contributed by atoms with Crippen molar-refractivity contribution in [2.75, 3.05) is 18.0 Å². The first-order valence-corrected chi connectivity index (χ1v) is 11.2. The van der Waals surface area contributed by atoms with Crippen molar-refractivity contribution < 1.29 is 9.90 Å². The molecule has 0 fully saturated rings. The van der Waals surface area contributed by atoms with E-state index in [9.17, 15) is 14.4 Å². The SMILES string of the molecule is C=C1CCc2cc(C)c(C)cc2N(CCNCc2ccc(C(=O)O)cc2)c2[nH]c(=O)[nH]c(=O)c21. The van der Waals surface area contributed by atoms with Gasteiger partial charge in [-0.15, -0.1) is 0 Å². The minimum atomic E-state index is -0.954. The number of benzene rings is 2. The Bertz CT molecular complexity index is 1370. The van der Waals surface area contributed by atoms with Crippen LogP contribution in [0.15, 0.2) is 52.6 Å². The molecule has 1 aliphatic rings. The van der Waals surface area contributed by atoms with Crippen LogP contribution in [0, 0.1) is 13.8 Å². The lowest BCUT2D eigenvalue weighted by Crippen LogP contribution is -2.36. The molecule has 1 aliphatic heterocycles. The summed E-state index contributed by atoms with van der Waals surface area (Å²) in [6.07, 6.45) is 1.36. The lowest BCUT2D eigenvalue weighted by molar-refractivity contribution is 0.0697. The summed E-state index contributed by atoms with van der Waals surface area (Å²) in [7, 11) is 0. The van der Waals surface area contributed by atoms with E-state index in [1.54, 1.807) is 24.3 Å². The molecule has 0 bridgehead atoms. The lowest BCUT2D eigenvalue weighted by atomic mass is 9.93. The number of hydrogen-bond donors (Lipinski definition) is 4. The molecule has 0 atom stereocenters. The van der Waals surface area contributed by atoms with Crippen molar-refractivity contribution in [2.45, 2.75) is 33.2 Å². The number of aryl methyl sites for hydroxylation is 3. The van der Waals surface area contributed by atoms with E-state index in [0.29, 0.717) is 43.0 Å². The van der Waals surface area contributed by atoms with Gasteiger partial charge in [0.25, 0.3) is 5.56 Å². The molecular formula is C26H28N4O4. The van der Waals surface area contributed by atoms with Crippen LogP contribution in [0.2, 0.25) is 0 Å². The van der Waals surface area contributed by atoms with Crippen LogP contribution in [-0.2, 0) is 13.0 Å². The highest BCUT2D eigenvalue weighted by Crippen LogP contribution is 2.36. The summed E-state index contributed by atoms with van der Waals surface area (Å²) in [6.45, 7) is 9.87. The van der Waals surface area contributed by atoms with Crippen LogP contribution in [0.3, 0.4) is 0 Å². The Balaban J connectivity index is 1.64. The van der Waals surface area contributed by atoms with Gasteiger partial charge >= 0.3 is 11.7 Å². The van der Waals surface area contributed by atoms with E-state index in [0.717, 1.165) is 28.8 Å². The van der Waals surface area contributed by atoms with Crippen LogP contribution in [-0.4, -0.2) is 34.1 Å². The molecule has 4 rings (SSSR count). The van der Waals surface area contributed by atoms with Crippen LogP contribution in [0.25, 0.3) is 5.57 Å². The van der Waals surface area contributed by atoms with E-state index in [-0.39, 0.29) is 5.56 Å². The molecule has 2 heterocycles. The zero-order chi connectivity index (χ0) is 24.4. The summed E-state index contributed by atoms with van der Waals surface area (Å²) in [4.78, 5) is 43.1. The van der Waals surface area contributed by atoms with Gasteiger partial charge in [0.2, 0.25) is 0 Å². The molecule has 8 heteroatoms. The first-order valence-electron chi connectivity index (χ1n) is 11.2. The predicted octanol–water partition coefficient (Wildman–Crippen LogP) is 3.27. The number of aromatic amines is 2. The molecule has 0 spiro atoms. The first kappa shape index (κ1) is 23.3. The Morgan fingerprint density at radius 2 is 1.79 bits per heavy atom. The van der Waals surface area contributed by atoms with Gasteiger partial charge in [0.1, 0.15) is 5.82 Å². The number of nitrogens with zero attached hydrogens (tertiary/aromatic N) is 1. The topological polar surface area (TPSA) is 118 Å². The van der Waals surface area contributed by atoms with Crippen molar-refractivity contribution in [1.29, 1.82) is 0 Å². The highest BCUT2D eigenvalue weighted by Gasteiger charge is 2.25. The van der Waals surface area contributed by atoms with E-state index in [1.807, 2.05) is 11.8 Å². The summed E-state index contributed by atoms with van der Waals surface area (Å²) in [5, 5.41) is 12.4. The monoisotopic (exact) mass is 460 g/mol. The lowest BCUT2D eigenvalue weighted by Gasteiger charge is -2.31. The second-order valence-electron chi connectivity index (χ2n) is 8.63. The number of allylic oxidation sites excluding steroid dienone is 1. The van der Waals surface area contributed by atoms with Gasteiger partial charge in [0.05, 0.1) is 11.1 Å². The van der Waals surface area contributed by atoms with E-state index in [1.165, 1.54) is 5.56 Å². The molecule has 0 saturated carbocycles. The second-order valence-corrected chi connectivity index (χ2v) is 8.63. The van der Waals surface area contributed by atoms with E-state index in [2.05, 4.69) is 40.9 Å². The molecule has 1 aromatic heterocycles. The number of hydrogen-bond acceptors (Lipinski definition) is 5.